The zero-order chi connectivity index (χ0) is 12.0. The first kappa shape index (κ1) is 12.4. The van der Waals surface area contributed by atoms with E-state index in [1.807, 2.05) is 0 Å². The molecule has 16 heavy (non-hydrogen) atoms. The van der Waals surface area contributed by atoms with Crippen LogP contribution in [0.2, 0.25) is 0 Å². The van der Waals surface area contributed by atoms with E-state index >= 15 is 0 Å². The van der Waals surface area contributed by atoms with Crippen LogP contribution in [0.3, 0.4) is 0 Å². The Bertz CT molecular complexity index is 263. The van der Waals surface area contributed by atoms with E-state index in [0.29, 0.717) is 12.0 Å². The zero-order valence-electron chi connectivity index (χ0n) is 11.2. The van der Waals surface area contributed by atoms with Crippen molar-refractivity contribution in [1.82, 2.24) is 5.32 Å². The average Bonchev–Trinajstić information content (AvgIpc) is 2.53. The first-order valence-electron chi connectivity index (χ1n) is 6.86. The van der Waals surface area contributed by atoms with Crippen molar-refractivity contribution in [1.29, 1.82) is 0 Å². The lowest BCUT2D eigenvalue weighted by Crippen LogP contribution is -2.47. The minimum absolute atomic E-state index is 0.127. The molecular formula is C14H27NO. The fourth-order valence-corrected chi connectivity index (χ4v) is 4.04. The van der Waals surface area contributed by atoms with Crippen LogP contribution < -0.4 is 5.32 Å². The van der Waals surface area contributed by atoms with Crippen LogP contribution in [0.5, 0.6) is 0 Å². The molecule has 2 aliphatic rings. The fraction of sp³-hybridized carbons (Fsp3) is 1.00. The topological polar surface area (TPSA) is 32.3 Å². The molecule has 0 heterocycles. The Kier molecular flexibility index (Phi) is 3.09. The van der Waals surface area contributed by atoms with Crippen molar-refractivity contribution in [3.8, 4) is 0 Å². The van der Waals surface area contributed by atoms with Gasteiger partial charge in [0.25, 0.3) is 0 Å². The van der Waals surface area contributed by atoms with Gasteiger partial charge in [-0.25, -0.2) is 0 Å². The molecule has 2 fully saturated rings. The van der Waals surface area contributed by atoms with Gasteiger partial charge in [0.15, 0.2) is 0 Å². The van der Waals surface area contributed by atoms with E-state index in [0.717, 1.165) is 6.54 Å². The van der Waals surface area contributed by atoms with Crippen molar-refractivity contribution >= 4 is 0 Å². The molecule has 0 spiro atoms. The van der Waals surface area contributed by atoms with E-state index in [1.54, 1.807) is 0 Å². The molecule has 0 radical (unpaired) electrons. The normalized spacial score (nSPS) is 45.2. The molecule has 0 aromatic heterocycles. The first-order valence-corrected chi connectivity index (χ1v) is 6.86. The Hall–Kier alpha value is -0.0800. The molecule has 2 N–H and O–H groups in total. The third-order valence-electron chi connectivity index (χ3n) is 5.71. The summed E-state index contributed by atoms with van der Waals surface area (Å²) in [6.07, 6.45) is 4.76. The van der Waals surface area contributed by atoms with Crippen molar-refractivity contribution < 1.29 is 5.11 Å². The molecule has 0 aromatic rings. The van der Waals surface area contributed by atoms with E-state index in [1.165, 1.54) is 25.7 Å². The second-order valence-electron chi connectivity index (χ2n) is 6.56. The maximum atomic E-state index is 10.5. The minimum atomic E-state index is -0.155. The summed E-state index contributed by atoms with van der Waals surface area (Å²) in [4.78, 5) is 0. The second kappa shape index (κ2) is 3.99. The molecule has 2 aliphatic carbocycles. The van der Waals surface area contributed by atoms with Gasteiger partial charge < -0.3 is 10.4 Å². The number of fused-ring (bicyclic) bond motifs is 2. The average molecular weight is 225 g/mol. The third kappa shape index (κ3) is 1.46. The van der Waals surface area contributed by atoms with Gasteiger partial charge in [0.05, 0.1) is 6.10 Å². The predicted molar refractivity (Wildman–Crippen MR) is 67.3 cm³/mol. The summed E-state index contributed by atoms with van der Waals surface area (Å²) in [5.41, 5.74) is 0.415. The lowest BCUT2D eigenvalue weighted by Gasteiger charge is -2.37. The van der Waals surface area contributed by atoms with E-state index in [4.69, 9.17) is 0 Å². The second-order valence-corrected chi connectivity index (χ2v) is 6.56. The highest BCUT2D eigenvalue weighted by atomic mass is 16.3. The molecule has 0 aliphatic heterocycles. The molecule has 0 aromatic carbocycles. The lowest BCUT2D eigenvalue weighted by atomic mass is 9.70. The highest BCUT2D eigenvalue weighted by Crippen LogP contribution is 2.65. The molecular weight excluding hydrogens is 198 g/mol. The molecule has 0 amide bonds. The number of aliphatic hydroxyl groups excluding tert-OH is 1. The van der Waals surface area contributed by atoms with Crippen molar-refractivity contribution in [2.45, 2.75) is 65.5 Å². The van der Waals surface area contributed by atoms with Crippen LogP contribution in [0, 0.1) is 16.7 Å². The lowest BCUT2D eigenvalue weighted by molar-refractivity contribution is 0.000131. The van der Waals surface area contributed by atoms with Gasteiger partial charge in [0.2, 0.25) is 0 Å². The van der Waals surface area contributed by atoms with E-state index < -0.39 is 0 Å². The summed E-state index contributed by atoms with van der Waals surface area (Å²) in [7, 11) is 0. The van der Waals surface area contributed by atoms with Gasteiger partial charge in [-0.2, -0.15) is 0 Å². The Balaban J connectivity index is 2.07. The number of hydrogen-bond acceptors (Lipinski definition) is 2. The third-order valence-corrected chi connectivity index (χ3v) is 5.71. The molecule has 2 rings (SSSR count). The summed E-state index contributed by atoms with van der Waals surface area (Å²) in [5, 5.41) is 14.1. The Morgan fingerprint density at radius 3 is 2.50 bits per heavy atom. The molecule has 94 valence electrons. The zero-order valence-corrected chi connectivity index (χ0v) is 11.2. The van der Waals surface area contributed by atoms with E-state index in [-0.39, 0.29) is 16.9 Å². The number of hydrogen-bond donors (Lipinski definition) is 2. The Labute approximate surface area is 99.8 Å². The fourth-order valence-electron chi connectivity index (χ4n) is 4.04. The largest absolute Gasteiger partial charge is 0.391 e. The van der Waals surface area contributed by atoms with Crippen LogP contribution in [-0.4, -0.2) is 23.8 Å². The molecule has 2 heteroatoms. The monoisotopic (exact) mass is 225 g/mol. The quantitative estimate of drug-likeness (QED) is 0.721. The van der Waals surface area contributed by atoms with Gasteiger partial charge in [-0.1, -0.05) is 34.1 Å². The number of unbranched alkanes of at least 4 members (excludes halogenated alkanes) is 1. The van der Waals surface area contributed by atoms with Crippen LogP contribution in [0.25, 0.3) is 0 Å². The van der Waals surface area contributed by atoms with E-state index in [9.17, 15) is 5.11 Å². The number of aliphatic hydroxyl groups is 1. The molecule has 2 nitrogen and oxygen atoms in total. The van der Waals surface area contributed by atoms with E-state index in [2.05, 4.69) is 33.0 Å². The van der Waals surface area contributed by atoms with Crippen LogP contribution >= 0.6 is 0 Å². The van der Waals surface area contributed by atoms with Gasteiger partial charge in [-0.15, -0.1) is 0 Å². The van der Waals surface area contributed by atoms with Crippen molar-refractivity contribution in [2.75, 3.05) is 6.54 Å². The molecule has 2 bridgehead atoms. The summed E-state index contributed by atoms with van der Waals surface area (Å²) < 4.78 is 0. The maximum absolute atomic E-state index is 10.5. The summed E-state index contributed by atoms with van der Waals surface area (Å²) in [6.45, 7) is 10.2. The van der Waals surface area contributed by atoms with Gasteiger partial charge in [0, 0.05) is 11.5 Å². The molecule has 0 saturated heterocycles. The molecule has 2 saturated carbocycles. The van der Waals surface area contributed by atoms with Crippen LogP contribution in [0.15, 0.2) is 0 Å². The van der Waals surface area contributed by atoms with Gasteiger partial charge in [-0.05, 0) is 37.1 Å². The Morgan fingerprint density at radius 1 is 1.31 bits per heavy atom. The highest BCUT2D eigenvalue weighted by molar-refractivity contribution is 5.16. The maximum Gasteiger partial charge on any atom is 0.0754 e. The van der Waals surface area contributed by atoms with Gasteiger partial charge in [-0.3, -0.25) is 0 Å². The number of nitrogens with one attached hydrogen (secondary N) is 1. The first-order chi connectivity index (χ1) is 7.45. The van der Waals surface area contributed by atoms with Crippen molar-refractivity contribution in [3.63, 3.8) is 0 Å². The number of rotatable bonds is 4. The van der Waals surface area contributed by atoms with Crippen molar-refractivity contribution in [2.24, 2.45) is 16.7 Å². The van der Waals surface area contributed by atoms with Gasteiger partial charge in [0.1, 0.15) is 0 Å². The smallest absolute Gasteiger partial charge is 0.0754 e. The van der Waals surface area contributed by atoms with Crippen LogP contribution in [0.1, 0.15) is 53.4 Å². The van der Waals surface area contributed by atoms with Crippen LogP contribution in [0.4, 0.5) is 0 Å². The Morgan fingerprint density at radius 2 is 2.00 bits per heavy atom. The molecule has 0 unspecified atom stereocenters. The highest BCUT2D eigenvalue weighted by Gasteiger charge is 2.65. The summed E-state index contributed by atoms with van der Waals surface area (Å²) >= 11 is 0. The van der Waals surface area contributed by atoms with Gasteiger partial charge >= 0.3 is 0 Å². The minimum Gasteiger partial charge on any atom is -0.391 e. The summed E-state index contributed by atoms with van der Waals surface area (Å²) in [6, 6.07) is 0.334. The molecule has 4 atom stereocenters. The SMILES string of the molecule is CCCCN[C@H]1[C@@H](O)[C@]2(C)CC[C@@H]1C2(C)C. The van der Waals surface area contributed by atoms with Crippen LogP contribution in [-0.2, 0) is 0 Å². The predicted octanol–water partition coefficient (Wildman–Crippen LogP) is 2.56. The summed E-state index contributed by atoms with van der Waals surface area (Å²) in [5.74, 6) is 0.657. The standard InChI is InChI=1S/C14H27NO/c1-5-6-9-15-11-10-7-8-14(4,12(11)16)13(10,2)3/h10-12,15-16H,5-9H2,1-4H3/t10-,11+,12+,14-/m0/s1. The van der Waals surface area contributed by atoms with Crippen molar-refractivity contribution in [3.05, 3.63) is 0 Å².